The van der Waals surface area contributed by atoms with Crippen LogP contribution in [0.4, 0.5) is 5.69 Å². The van der Waals surface area contributed by atoms with E-state index in [2.05, 4.69) is 20.7 Å². The van der Waals surface area contributed by atoms with E-state index in [1.54, 1.807) is 24.3 Å². The molecule has 1 heterocycles. The van der Waals surface area contributed by atoms with E-state index in [4.69, 9.17) is 5.26 Å². The van der Waals surface area contributed by atoms with E-state index < -0.39 is 0 Å². The molecule has 0 radical (unpaired) electrons. The highest BCUT2D eigenvalue weighted by Gasteiger charge is 2.11. The van der Waals surface area contributed by atoms with Crippen LogP contribution < -0.4 is 5.32 Å². The number of hydrogen-bond acceptors (Lipinski definition) is 5. The highest BCUT2D eigenvalue weighted by molar-refractivity contribution is 5.90. The second kappa shape index (κ2) is 6.71. The van der Waals surface area contributed by atoms with Crippen LogP contribution >= 0.6 is 0 Å². The van der Waals surface area contributed by atoms with Gasteiger partial charge in [0, 0.05) is 11.3 Å². The molecule has 2 aromatic carbocycles. The zero-order chi connectivity index (χ0) is 16.9. The SMILES string of the molecule is Cc1ccccc1-c1nnn(CC(=O)Nc2cccc(C#N)c2)n1. The van der Waals surface area contributed by atoms with Gasteiger partial charge in [-0.2, -0.15) is 10.1 Å². The Hall–Kier alpha value is -3.53. The molecule has 0 saturated carbocycles. The predicted molar refractivity (Wildman–Crippen MR) is 87.8 cm³/mol. The van der Waals surface area contributed by atoms with Gasteiger partial charge in [-0.3, -0.25) is 4.79 Å². The van der Waals surface area contributed by atoms with Crippen molar-refractivity contribution < 1.29 is 4.79 Å². The smallest absolute Gasteiger partial charge is 0.248 e. The van der Waals surface area contributed by atoms with Gasteiger partial charge < -0.3 is 5.32 Å². The number of aromatic nitrogens is 4. The maximum atomic E-state index is 12.1. The molecule has 1 N–H and O–H groups in total. The second-order valence-electron chi connectivity index (χ2n) is 5.20. The Morgan fingerprint density at radius 3 is 2.88 bits per heavy atom. The molecule has 3 aromatic rings. The lowest BCUT2D eigenvalue weighted by Gasteiger charge is -2.04. The van der Waals surface area contributed by atoms with Crippen molar-refractivity contribution in [3.05, 3.63) is 59.7 Å². The van der Waals surface area contributed by atoms with Crippen molar-refractivity contribution in [1.29, 1.82) is 5.26 Å². The lowest BCUT2D eigenvalue weighted by Crippen LogP contribution is -2.20. The van der Waals surface area contributed by atoms with Crippen LogP contribution in [0.1, 0.15) is 11.1 Å². The first kappa shape index (κ1) is 15.4. The zero-order valence-electron chi connectivity index (χ0n) is 13.0. The van der Waals surface area contributed by atoms with Crippen LogP contribution in [0.15, 0.2) is 48.5 Å². The van der Waals surface area contributed by atoms with Crippen LogP contribution in [0.2, 0.25) is 0 Å². The largest absolute Gasteiger partial charge is 0.324 e. The minimum Gasteiger partial charge on any atom is -0.324 e. The predicted octanol–water partition coefficient (Wildman–Crippen LogP) is 2.16. The molecule has 0 aliphatic rings. The Labute approximate surface area is 138 Å². The number of carbonyl (C=O) groups excluding carboxylic acids is 1. The van der Waals surface area contributed by atoms with E-state index >= 15 is 0 Å². The van der Waals surface area contributed by atoms with E-state index in [0.717, 1.165) is 11.1 Å². The van der Waals surface area contributed by atoms with Gasteiger partial charge in [0.25, 0.3) is 0 Å². The van der Waals surface area contributed by atoms with Crippen molar-refractivity contribution in [3.8, 4) is 17.5 Å². The third-order valence-corrected chi connectivity index (χ3v) is 3.40. The summed E-state index contributed by atoms with van der Waals surface area (Å²) in [5.74, 6) is 0.186. The van der Waals surface area contributed by atoms with Gasteiger partial charge in [-0.1, -0.05) is 30.3 Å². The molecule has 0 unspecified atom stereocenters. The third-order valence-electron chi connectivity index (χ3n) is 3.40. The monoisotopic (exact) mass is 318 g/mol. The van der Waals surface area contributed by atoms with E-state index in [1.807, 2.05) is 37.3 Å². The Bertz CT molecular complexity index is 925. The normalized spacial score (nSPS) is 10.2. The van der Waals surface area contributed by atoms with E-state index in [0.29, 0.717) is 17.1 Å². The molecular weight excluding hydrogens is 304 g/mol. The minimum absolute atomic E-state index is 0.0599. The Morgan fingerprint density at radius 1 is 1.25 bits per heavy atom. The van der Waals surface area contributed by atoms with E-state index in [9.17, 15) is 4.79 Å². The summed E-state index contributed by atoms with van der Waals surface area (Å²) < 4.78 is 0. The molecule has 0 aliphatic heterocycles. The summed E-state index contributed by atoms with van der Waals surface area (Å²) >= 11 is 0. The molecule has 24 heavy (non-hydrogen) atoms. The first-order chi connectivity index (χ1) is 11.7. The van der Waals surface area contributed by atoms with Gasteiger partial charge in [0.2, 0.25) is 11.7 Å². The van der Waals surface area contributed by atoms with E-state index in [1.165, 1.54) is 4.80 Å². The zero-order valence-corrected chi connectivity index (χ0v) is 13.0. The standard InChI is InChI=1S/C17H14N6O/c1-12-5-2-3-8-15(12)17-20-22-23(21-17)11-16(24)19-14-7-4-6-13(9-14)10-18/h2-9H,11H2,1H3,(H,19,24). The van der Waals surface area contributed by atoms with Crippen molar-refractivity contribution >= 4 is 11.6 Å². The first-order valence-electron chi connectivity index (χ1n) is 7.29. The summed E-state index contributed by atoms with van der Waals surface area (Å²) in [5, 5.41) is 23.7. The highest BCUT2D eigenvalue weighted by atomic mass is 16.2. The maximum Gasteiger partial charge on any atom is 0.248 e. The van der Waals surface area contributed by atoms with Crippen molar-refractivity contribution in [2.24, 2.45) is 0 Å². The fourth-order valence-corrected chi connectivity index (χ4v) is 2.24. The number of carbonyl (C=O) groups is 1. The number of tetrazole rings is 1. The van der Waals surface area contributed by atoms with Crippen molar-refractivity contribution in [2.45, 2.75) is 13.5 Å². The molecular formula is C17H14N6O. The molecule has 3 rings (SSSR count). The number of anilines is 1. The molecule has 0 atom stereocenters. The Balaban J connectivity index is 1.69. The van der Waals surface area contributed by atoms with Gasteiger partial charge >= 0.3 is 0 Å². The summed E-state index contributed by atoms with van der Waals surface area (Å²) in [4.78, 5) is 13.3. The fourth-order valence-electron chi connectivity index (χ4n) is 2.24. The summed E-state index contributed by atoms with van der Waals surface area (Å²) in [6.07, 6.45) is 0. The first-order valence-corrected chi connectivity index (χ1v) is 7.29. The van der Waals surface area contributed by atoms with Crippen LogP contribution in [0.25, 0.3) is 11.4 Å². The molecule has 7 heteroatoms. The van der Waals surface area contributed by atoms with Gasteiger partial charge in [-0.15, -0.1) is 10.2 Å². The molecule has 0 saturated heterocycles. The number of nitrogens with one attached hydrogen (secondary N) is 1. The summed E-state index contributed by atoms with van der Waals surface area (Å²) in [6, 6.07) is 16.4. The van der Waals surface area contributed by atoms with Crippen molar-refractivity contribution in [1.82, 2.24) is 20.2 Å². The topological polar surface area (TPSA) is 96.5 Å². The average molecular weight is 318 g/mol. The lowest BCUT2D eigenvalue weighted by molar-refractivity contribution is -0.117. The van der Waals surface area contributed by atoms with Gasteiger partial charge in [-0.25, -0.2) is 0 Å². The van der Waals surface area contributed by atoms with E-state index in [-0.39, 0.29) is 12.5 Å². The second-order valence-corrected chi connectivity index (χ2v) is 5.20. The number of nitriles is 1. The summed E-state index contributed by atoms with van der Waals surface area (Å²) in [7, 11) is 0. The van der Waals surface area contributed by atoms with Gasteiger partial charge in [-0.05, 0) is 35.9 Å². The number of benzene rings is 2. The van der Waals surface area contributed by atoms with Gasteiger partial charge in [0.15, 0.2) is 0 Å². The number of rotatable bonds is 4. The highest BCUT2D eigenvalue weighted by Crippen LogP contribution is 2.17. The molecule has 1 amide bonds. The van der Waals surface area contributed by atoms with Crippen molar-refractivity contribution in [2.75, 3.05) is 5.32 Å². The number of nitrogens with zero attached hydrogens (tertiary/aromatic N) is 5. The number of aryl methyl sites for hydroxylation is 1. The lowest BCUT2D eigenvalue weighted by atomic mass is 10.1. The summed E-state index contributed by atoms with van der Waals surface area (Å²) in [5.41, 5.74) is 2.95. The number of amides is 1. The van der Waals surface area contributed by atoms with Crippen LogP contribution in [-0.2, 0) is 11.3 Å². The molecule has 1 aromatic heterocycles. The fraction of sp³-hybridized carbons (Fsp3) is 0.118. The number of hydrogen-bond donors (Lipinski definition) is 1. The minimum atomic E-state index is -0.293. The van der Waals surface area contributed by atoms with Crippen LogP contribution in [0.5, 0.6) is 0 Å². The Morgan fingerprint density at radius 2 is 2.08 bits per heavy atom. The molecule has 118 valence electrons. The maximum absolute atomic E-state index is 12.1. The van der Waals surface area contributed by atoms with Crippen LogP contribution in [-0.4, -0.2) is 26.1 Å². The molecule has 7 nitrogen and oxygen atoms in total. The molecule has 0 aliphatic carbocycles. The average Bonchev–Trinajstić information content (AvgIpc) is 3.03. The molecule has 0 spiro atoms. The van der Waals surface area contributed by atoms with Crippen LogP contribution in [0.3, 0.4) is 0 Å². The summed E-state index contributed by atoms with van der Waals surface area (Å²) in [6.45, 7) is 1.90. The van der Waals surface area contributed by atoms with Crippen LogP contribution in [0, 0.1) is 18.3 Å². The third kappa shape index (κ3) is 3.44. The quantitative estimate of drug-likeness (QED) is 0.795. The molecule has 0 bridgehead atoms. The van der Waals surface area contributed by atoms with Gasteiger partial charge in [0.05, 0.1) is 11.6 Å². The molecule has 0 fully saturated rings. The van der Waals surface area contributed by atoms with Gasteiger partial charge in [0.1, 0.15) is 6.54 Å². The van der Waals surface area contributed by atoms with Crippen molar-refractivity contribution in [3.63, 3.8) is 0 Å². The Kier molecular flexibility index (Phi) is 4.29.